The number of β-amino-alcohol motifs (C(OH)–C–C–N with tert-alkyl or cyclic N) is 1. The van der Waals surface area contributed by atoms with Crippen LogP contribution in [0.3, 0.4) is 0 Å². The van der Waals surface area contributed by atoms with E-state index in [1.54, 1.807) is 11.9 Å². The van der Waals surface area contributed by atoms with Crippen LogP contribution in [0, 0.1) is 0 Å². The molecule has 0 bridgehead atoms. The maximum Gasteiger partial charge on any atom is 0.230 e. The predicted octanol–water partition coefficient (Wildman–Crippen LogP) is 0.117. The van der Waals surface area contributed by atoms with Crippen LogP contribution in [0.25, 0.3) is 0 Å². The molecule has 18 heavy (non-hydrogen) atoms. The molecule has 1 unspecified atom stereocenters. The molecule has 3 rings (SSSR count). The molecule has 4 heteroatoms. The number of carbonyl (C=O) groups excluding carboxylic acids is 1. The van der Waals surface area contributed by atoms with Crippen molar-refractivity contribution in [2.24, 2.45) is 0 Å². The third kappa shape index (κ3) is 1.72. The second kappa shape index (κ2) is 4.37. The lowest BCUT2D eigenvalue weighted by molar-refractivity contribution is -0.135. The summed E-state index contributed by atoms with van der Waals surface area (Å²) < 4.78 is 0. The Labute approximate surface area is 107 Å². The average molecular weight is 246 g/mol. The first-order valence-corrected chi connectivity index (χ1v) is 6.41. The first-order valence-electron chi connectivity index (χ1n) is 6.41. The standard InChI is InChI=1S/C14H18N2O2/c1-16(12-7-15-8-13(12)17)14(18)11-6-9-4-2-3-5-10(9)11/h2-5,11-13,15,17H,6-8H2,1H3/t11?,12-,13-/m0/s1. The molecule has 0 spiro atoms. The fourth-order valence-corrected chi connectivity index (χ4v) is 2.93. The van der Waals surface area contributed by atoms with Gasteiger partial charge in [-0.05, 0) is 17.5 Å². The van der Waals surface area contributed by atoms with E-state index in [1.807, 2.05) is 18.2 Å². The quantitative estimate of drug-likeness (QED) is 0.779. The normalized spacial score (nSPS) is 29.6. The van der Waals surface area contributed by atoms with E-state index in [0.29, 0.717) is 13.1 Å². The van der Waals surface area contributed by atoms with Gasteiger partial charge in [-0.2, -0.15) is 0 Å². The molecule has 2 aliphatic rings. The number of benzene rings is 1. The van der Waals surface area contributed by atoms with Gasteiger partial charge in [-0.1, -0.05) is 24.3 Å². The highest BCUT2D eigenvalue weighted by Crippen LogP contribution is 2.36. The summed E-state index contributed by atoms with van der Waals surface area (Å²) in [5, 5.41) is 12.9. The van der Waals surface area contributed by atoms with E-state index in [2.05, 4.69) is 11.4 Å². The topological polar surface area (TPSA) is 52.6 Å². The zero-order chi connectivity index (χ0) is 12.7. The molecule has 1 fully saturated rings. The van der Waals surface area contributed by atoms with Gasteiger partial charge in [0.2, 0.25) is 5.91 Å². The van der Waals surface area contributed by atoms with E-state index in [9.17, 15) is 9.90 Å². The molecular weight excluding hydrogens is 228 g/mol. The minimum Gasteiger partial charge on any atom is -0.390 e. The van der Waals surface area contributed by atoms with Crippen molar-refractivity contribution in [2.75, 3.05) is 20.1 Å². The number of amides is 1. The smallest absolute Gasteiger partial charge is 0.230 e. The zero-order valence-electron chi connectivity index (χ0n) is 10.5. The van der Waals surface area contributed by atoms with Crippen LogP contribution in [-0.4, -0.2) is 48.2 Å². The Balaban J connectivity index is 1.73. The first kappa shape index (κ1) is 11.7. The fraction of sp³-hybridized carbons (Fsp3) is 0.500. The maximum absolute atomic E-state index is 12.4. The van der Waals surface area contributed by atoms with Crippen LogP contribution < -0.4 is 5.32 Å². The first-order chi connectivity index (χ1) is 8.68. The summed E-state index contributed by atoms with van der Waals surface area (Å²) in [6.07, 6.45) is 0.379. The van der Waals surface area contributed by atoms with Crippen LogP contribution in [0.2, 0.25) is 0 Å². The number of hydrogen-bond donors (Lipinski definition) is 2. The molecule has 2 N–H and O–H groups in total. The molecule has 3 atom stereocenters. The second-order valence-corrected chi connectivity index (χ2v) is 5.20. The van der Waals surface area contributed by atoms with Crippen LogP contribution in [0.1, 0.15) is 17.0 Å². The van der Waals surface area contributed by atoms with E-state index in [4.69, 9.17) is 0 Å². The van der Waals surface area contributed by atoms with Gasteiger partial charge in [0.1, 0.15) is 0 Å². The van der Waals surface area contributed by atoms with Gasteiger partial charge in [0, 0.05) is 20.1 Å². The molecule has 4 nitrogen and oxygen atoms in total. The highest BCUT2D eigenvalue weighted by molar-refractivity contribution is 5.87. The van der Waals surface area contributed by atoms with Gasteiger partial charge in [-0.15, -0.1) is 0 Å². The number of rotatable bonds is 2. The number of aliphatic hydroxyl groups is 1. The molecule has 0 aromatic heterocycles. The third-order valence-electron chi connectivity index (χ3n) is 4.15. The Bertz CT molecular complexity index is 475. The number of aliphatic hydroxyl groups excluding tert-OH is 1. The van der Waals surface area contributed by atoms with Crippen molar-refractivity contribution >= 4 is 5.91 Å². The average Bonchev–Trinajstić information content (AvgIpc) is 2.76. The monoisotopic (exact) mass is 246 g/mol. The van der Waals surface area contributed by atoms with Gasteiger partial charge < -0.3 is 15.3 Å². The Hall–Kier alpha value is -1.39. The van der Waals surface area contributed by atoms with Crippen molar-refractivity contribution in [1.82, 2.24) is 10.2 Å². The fourth-order valence-electron chi connectivity index (χ4n) is 2.93. The van der Waals surface area contributed by atoms with Gasteiger partial charge in [-0.25, -0.2) is 0 Å². The number of likely N-dealkylation sites (N-methyl/N-ethyl adjacent to an activating group) is 1. The molecule has 1 saturated heterocycles. The minimum absolute atomic E-state index is 0.0148. The molecule has 0 radical (unpaired) electrons. The van der Waals surface area contributed by atoms with Crippen molar-refractivity contribution in [3.05, 3.63) is 35.4 Å². The van der Waals surface area contributed by atoms with Gasteiger partial charge in [-0.3, -0.25) is 4.79 Å². The van der Waals surface area contributed by atoms with Gasteiger partial charge in [0.15, 0.2) is 0 Å². The highest BCUT2D eigenvalue weighted by Gasteiger charge is 2.38. The summed E-state index contributed by atoms with van der Waals surface area (Å²) in [7, 11) is 1.80. The van der Waals surface area contributed by atoms with Crippen LogP contribution >= 0.6 is 0 Å². The lowest BCUT2D eigenvalue weighted by Gasteiger charge is -2.35. The highest BCUT2D eigenvalue weighted by atomic mass is 16.3. The Morgan fingerprint density at radius 1 is 1.39 bits per heavy atom. The summed E-state index contributed by atoms with van der Waals surface area (Å²) in [5.41, 5.74) is 2.42. The van der Waals surface area contributed by atoms with Crippen LogP contribution in [0.4, 0.5) is 0 Å². The van der Waals surface area contributed by atoms with Crippen LogP contribution in [0.5, 0.6) is 0 Å². The largest absolute Gasteiger partial charge is 0.390 e. The summed E-state index contributed by atoms with van der Waals surface area (Å²) in [4.78, 5) is 14.1. The Morgan fingerprint density at radius 3 is 2.83 bits per heavy atom. The van der Waals surface area contributed by atoms with Crippen LogP contribution in [0.15, 0.2) is 24.3 Å². The molecule has 1 heterocycles. The number of nitrogens with zero attached hydrogens (tertiary/aromatic N) is 1. The number of carbonyl (C=O) groups is 1. The second-order valence-electron chi connectivity index (χ2n) is 5.20. The third-order valence-corrected chi connectivity index (χ3v) is 4.15. The van der Waals surface area contributed by atoms with E-state index in [0.717, 1.165) is 12.0 Å². The van der Waals surface area contributed by atoms with Crippen molar-refractivity contribution in [2.45, 2.75) is 24.5 Å². The molecule has 96 valence electrons. The van der Waals surface area contributed by atoms with Crippen molar-refractivity contribution in [1.29, 1.82) is 0 Å². The molecule has 1 amide bonds. The zero-order valence-corrected chi connectivity index (χ0v) is 10.5. The van der Waals surface area contributed by atoms with E-state index < -0.39 is 6.10 Å². The van der Waals surface area contributed by atoms with E-state index in [1.165, 1.54) is 5.56 Å². The summed E-state index contributed by atoms with van der Waals surface area (Å²) >= 11 is 0. The number of hydrogen-bond acceptors (Lipinski definition) is 3. The van der Waals surface area contributed by atoms with Gasteiger partial charge in [0.05, 0.1) is 18.1 Å². The molecule has 1 aliphatic carbocycles. The maximum atomic E-state index is 12.4. The molecular formula is C14H18N2O2. The predicted molar refractivity (Wildman–Crippen MR) is 68.3 cm³/mol. The Morgan fingerprint density at radius 2 is 2.17 bits per heavy atom. The van der Waals surface area contributed by atoms with E-state index in [-0.39, 0.29) is 17.9 Å². The summed E-state index contributed by atoms with van der Waals surface area (Å²) in [6, 6.07) is 7.99. The van der Waals surface area contributed by atoms with Gasteiger partial charge >= 0.3 is 0 Å². The van der Waals surface area contributed by atoms with Crippen molar-refractivity contribution in [3.63, 3.8) is 0 Å². The lowest BCUT2D eigenvalue weighted by atomic mass is 9.76. The molecule has 1 aromatic rings. The Kier molecular flexibility index (Phi) is 2.84. The van der Waals surface area contributed by atoms with E-state index >= 15 is 0 Å². The van der Waals surface area contributed by atoms with Gasteiger partial charge in [0.25, 0.3) is 0 Å². The number of nitrogens with one attached hydrogen (secondary N) is 1. The summed E-state index contributed by atoms with van der Waals surface area (Å²) in [6.45, 7) is 1.25. The van der Waals surface area contributed by atoms with Crippen molar-refractivity contribution < 1.29 is 9.90 Å². The molecule has 0 saturated carbocycles. The van der Waals surface area contributed by atoms with Crippen molar-refractivity contribution in [3.8, 4) is 0 Å². The summed E-state index contributed by atoms with van der Waals surface area (Å²) in [5.74, 6) is 0.112. The molecule has 1 aliphatic heterocycles. The number of fused-ring (bicyclic) bond motifs is 1. The SMILES string of the molecule is CN(C(=O)C1Cc2ccccc21)[C@H]1CNC[C@@H]1O. The molecule has 1 aromatic carbocycles. The van der Waals surface area contributed by atoms with Crippen LogP contribution in [-0.2, 0) is 11.2 Å². The minimum atomic E-state index is -0.450. The lowest BCUT2D eigenvalue weighted by Crippen LogP contribution is -2.47.